The summed E-state index contributed by atoms with van der Waals surface area (Å²) in [6.45, 7) is 9.76. The Morgan fingerprint density at radius 2 is 2.00 bits per heavy atom. The molecule has 2 rings (SSSR count). The Bertz CT molecular complexity index is 254. The highest BCUT2D eigenvalue weighted by Crippen LogP contribution is 2.19. The lowest BCUT2D eigenvalue weighted by molar-refractivity contribution is 0.184. The maximum Gasteiger partial charge on any atom is 0.0243 e. The van der Waals surface area contributed by atoms with Crippen molar-refractivity contribution >= 4 is 0 Å². The third kappa shape index (κ3) is 4.10. The normalized spacial score (nSPS) is 26.9. The first-order chi connectivity index (χ1) is 8.77. The zero-order valence-electron chi connectivity index (χ0n) is 12.2. The van der Waals surface area contributed by atoms with E-state index in [2.05, 4.69) is 36.2 Å². The molecule has 18 heavy (non-hydrogen) atoms. The summed E-state index contributed by atoms with van der Waals surface area (Å²) in [5.41, 5.74) is 0. The van der Waals surface area contributed by atoms with Crippen LogP contribution in [0.15, 0.2) is 12.2 Å². The van der Waals surface area contributed by atoms with Crippen LogP contribution in [-0.4, -0.2) is 37.1 Å². The molecule has 0 saturated carbocycles. The molecule has 0 aromatic carbocycles. The molecule has 0 aromatic heterocycles. The lowest BCUT2D eigenvalue weighted by Crippen LogP contribution is -2.45. The molecule has 1 aliphatic heterocycles. The van der Waals surface area contributed by atoms with E-state index < -0.39 is 0 Å². The molecule has 2 atom stereocenters. The van der Waals surface area contributed by atoms with E-state index in [-0.39, 0.29) is 0 Å². The van der Waals surface area contributed by atoms with E-state index in [1.54, 1.807) is 0 Å². The van der Waals surface area contributed by atoms with Crippen LogP contribution >= 0.6 is 0 Å². The molecule has 1 aliphatic carbocycles. The van der Waals surface area contributed by atoms with Crippen LogP contribution in [0.1, 0.15) is 46.0 Å². The fourth-order valence-electron chi connectivity index (χ4n) is 3.34. The van der Waals surface area contributed by atoms with Gasteiger partial charge < -0.3 is 5.32 Å². The van der Waals surface area contributed by atoms with E-state index in [1.807, 2.05) is 0 Å². The van der Waals surface area contributed by atoms with Gasteiger partial charge in [-0.05, 0) is 63.6 Å². The summed E-state index contributed by atoms with van der Waals surface area (Å²) in [5.74, 6) is 1.64. The molecule has 2 unspecified atom stereocenters. The van der Waals surface area contributed by atoms with Crippen molar-refractivity contribution in [2.75, 3.05) is 26.2 Å². The fourth-order valence-corrected chi connectivity index (χ4v) is 3.34. The van der Waals surface area contributed by atoms with Gasteiger partial charge in [0.2, 0.25) is 0 Å². The zero-order chi connectivity index (χ0) is 12.8. The molecule has 1 N–H and O–H groups in total. The van der Waals surface area contributed by atoms with Gasteiger partial charge in [-0.3, -0.25) is 4.90 Å². The molecule has 2 aliphatic rings. The number of nitrogens with zero attached hydrogens (tertiary/aromatic N) is 1. The molecule has 2 nitrogen and oxygen atoms in total. The molecule has 0 aromatic rings. The Morgan fingerprint density at radius 3 is 2.61 bits per heavy atom. The van der Waals surface area contributed by atoms with Gasteiger partial charge in [0, 0.05) is 12.6 Å². The van der Waals surface area contributed by atoms with E-state index in [4.69, 9.17) is 0 Å². The Balaban J connectivity index is 1.70. The second-order valence-electron chi connectivity index (χ2n) is 6.36. The minimum absolute atomic E-state index is 0.742. The van der Waals surface area contributed by atoms with E-state index >= 15 is 0 Å². The quantitative estimate of drug-likeness (QED) is 0.729. The molecular weight excluding hydrogens is 220 g/mol. The molecule has 0 spiro atoms. The van der Waals surface area contributed by atoms with Gasteiger partial charge >= 0.3 is 0 Å². The minimum Gasteiger partial charge on any atom is -0.315 e. The van der Waals surface area contributed by atoms with Gasteiger partial charge in [0.1, 0.15) is 0 Å². The third-order valence-corrected chi connectivity index (χ3v) is 4.54. The smallest absolute Gasteiger partial charge is 0.0243 e. The van der Waals surface area contributed by atoms with E-state index in [0.29, 0.717) is 0 Å². The Morgan fingerprint density at radius 1 is 1.22 bits per heavy atom. The number of hydrogen-bond acceptors (Lipinski definition) is 2. The van der Waals surface area contributed by atoms with Gasteiger partial charge in [0.25, 0.3) is 0 Å². The first-order valence-corrected chi connectivity index (χ1v) is 7.87. The van der Waals surface area contributed by atoms with Crippen molar-refractivity contribution in [2.45, 2.75) is 52.0 Å². The number of rotatable bonds is 6. The van der Waals surface area contributed by atoms with Crippen molar-refractivity contribution in [3.05, 3.63) is 12.2 Å². The highest BCUT2D eigenvalue weighted by molar-refractivity contribution is 4.91. The monoisotopic (exact) mass is 250 g/mol. The Kier molecular flexibility index (Phi) is 5.71. The van der Waals surface area contributed by atoms with Crippen molar-refractivity contribution < 1.29 is 0 Å². The van der Waals surface area contributed by atoms with Crippen molar-refractivity contribution in [3.8, 4) is 0 Å². The molecule has 0 radical (unpaired) electrons. The second-order valence-corrected chi connectivity index (χ2v) is 6.36. The largest absolute Gasteiger partial charge is 0.315 e. The van der Waals surface area contributed by atoms with Gasteiger partial charge in [-0.25, -0.2) is 0 Å². The SMILES string of the molecule is CC(C)C(CNCC1CC=CCC1)N1CCCC1. The summed E-state index contributed by atoms with van der Waals surface area (Å²) in [7, 11) is 0. The van der Waals surface area contributed by atoms with Crippen LogP contribution in [0.3, 0.4) is 0 Å². The van der Waals surface area contributed by atoms with E-state index in [1.165, 1.54) is 58.3 Å². The van der Waals surface area contributed by atoms with E-state index in [0.717, 1.165) is 17.9 Å². The molecule has 2 heteroatoms. The average Bonchev–Trinajstić information content (AvgIpc) is 2.89. The summed E-state index contributed by atoms with van der Waals surface area (Å²) >= 11 is 0. The maximum atomic E-state index is 3.74. The van der Waals surface area contributed by atoms with Crippen LogP contribution in [-0.2, 0) is 0 Å². The number of hydrogen-bond donors (Lipinski definition) is 1. The summed E-state index contributed by atoms with van der Waals surface area (Å²) in [6.07, 6.45) is 11.4. The summed E-state index contributed by atoms with van der Waals surface area (Å²) < 4.78 is 0. The van der Waals surface area contributed by atoms with Crippen molar-refractivity contribution in [1.29, 1.82) is 0 Å². The first kappa shape index (κ1) is 14.1. The lowest BCUT2D eigenvalue weighted by atomic mass is 9.94. The van der Waals surface area contributed by atoms with Crippen LogP contribution in [0.25, 0.3) is 0 Å². The summed E-state index contributed by atoms with van der Waals surface area (Å²) in [5, 5.41) is 3.74. The standard InChI is InChI=1S/C16H30N2/c1-14(2)16(18-10-6-7-11-18)13-17-12-15-8-4-3-5-9-15/h3-4,14-17H,5-13H2,1-2H3. The minimum atomic E-state index is 0.742. The predicted octanol–water partition coefficient (Wildman–Crippen LogP) is 3.05. The summed E-state index contributed by atoms with van der Waals surface area (Å²) in [4.78, 5) is 2.69. The molecule has 1 heterocycles. The maximum absolute atomic E-state index is 3.74. The van der Waals surface area contributed by atoms with Gasteiger partial charge in [-0.2, -0.15) is 0 Å². The fraction of sp³-hybridized carbons (Fsp3) is 0.875. The van der Waals surface area contributed by atoms with Gasteiger partial charge in [0.15, 0.2) is 0 Å². The highest BCUT2D eigenvalue weighted by atomic mass is 15.2. The highest BCUT2D eigenvalue weighted by Gasteiger charge is 2.24. The number of nitrogens with one attached hydrogen (secondary N) is 1. The topological polar surface area (TPSA) is 15.3 Å². The van der Waals surface area contributed by atoms with Crippen LogP contribution in [0, 0.1) is 11.8 Å². The van der Waals surface area contributed by atoms with Gasteiger partial charge in [0.05, 0.1) is 0 Å². The van der Waals surface area contributed by atoms with Crippen LogP contribution < -0.4 is 5.32 Å². The molecular formula is C16H30N2. The Hall–Kier alpha value is -0.340. The first-order valence-electron chi connectivity index (χ1n) is 7.87. The molecule has 0 bridgehead atoms. The Labute approximate surface area is 113 Å². The van der Waals surface area contributed by atoms with Crippen molar-refractivity contribution in [2.24, 2.45) is 11.8 Å². The molecule has 1 saturated heterocycles. The van der Waals surface area contributed by atoms with Crippen molar-refractivity contribution in [1.82, 2.24) is 10.2 Å². The van der Waals surface area contributed by atoms with Crippen LogP contribution in [0.2, 0.25) is 0 Å². The van der Waals surface area contributed by atoms with Crippen LogP contribution in [0.5, 0.6) is 0 Å². The number of allylic oxidation sites excluding steroid dienone is 2. The second kappa shape index (κ2) is 7.30. The third-order valence-electron chi connectivity index (χ3n) is 4.54. The van der Waals surface area contributed by atoms with Gasteiger partial charge in [-0.15, -0.1) is 0 Å². The van der Waals surface area contributed by atoms with Crippen LogP contribution in [0.4, 0.5) is 0 Å². The number of likely N-dealkylation sites (tertiary alicyclic amines) is 1. The predicted molar refractivity (Wildman–Crippen MR) is 78.8 cm³/mol. The lowest BCUT2D eigenvalue weighted by Gasteiger charge is -2.31. The molecule has 104 valence electrons. The zero-order valence-corrected chi connectivity index (χ0v) is 12.2. The molecule has 1 fully saturated rings. The molecule has 0 amide bonds. The van der Waals surface area contributed by atoms with E-state index in [9.17, 15) is 0 Å². The average molecular weight is 250 g/mol. The summed E-state index contributed by atoms with van der Waals surface area (Å²) in [6, 6.07) is 0.742. The van der Waals surface area contributed by atoms with Crippen molar-refractivity contribution in [3.63, 3.8) is 0 Å². The van der Waals surface area contributed by atoms with Gasteiger partial charge in [-0.1, -0.05) is 26.0 Å².